The van der Waals surface area contributed by atoms with Crippen molar-refractivity contribution in [2.24, 2.45) is 5.73 Å². The van der Waals surface area contributed by atoms with Gasteiger partial charge in [-0.3, -0.25) is 4.79 Å². The van der Waals surface area contributed by atoms with Crippen LogP contribution in [0.3, 0.4) is 0 Å². The first kappa shape index (κ1) is 16.0. The SMILES string of the molecule is CCc1onc(C)c1C(=O)NC1CCC(N)CC1.Cl. The molecule has 1 amide bonds. The molecule has 0 unspecified atom stereocenters. The third kappa shape index (κ3) is 3.70. The molecule has 1 aliphatic rings. The molecule has 1 fully saturated rings. The second-order valence-corrected chi connectivity index (χ2v) is 5.00. The topological polar surface area (TPSA) is 81.2 Å². The Balaban J connectivity index is 0.00000180. The fourth-order valence-electron chi connectivity index (χ4n) is 2.47. The van der Waals surface area contributed by atoms with Crippen LogP contribution in [0.15, 0.2) is 4.52 Å². The van der Waals surface area contributed by atoms with Crippen molar-refractivity contribution in [3.63, 3.8) is 0 Å². The molecule has 0 bridgehead atoms. The van der Waals surface area contributed by atoms with E-state index in [0.717, 1.165) is 25.7 Å². The minimum atomic E-state index is -0.0638. The zero-order chi connectivity index (χ0) is 13.1. The Labute approximate surface area is 119 Å². The Kier molecular flexibility index (Phi) is 5.82. The van der Waals surface area contributed by atoms with Gasteiger partial charge in [0.2, 0.25) is 0 Å². The average molecular weight is 288 g/mol. The van der Waals surface area contributed by atoms with Crippen molar-refractivity contribution in [2.75, 3.05) is 0 Å². The van der Waals surface area contributed by atoms with Crippen LogP contribution in [0.1, 0.15) is 54.4 Å². The second-order valence-electron chi connectivity index (χ2n) is 5.00. The number of amides is 1. The first-order chi connectivity index (χ1) is 8.61. The van der Waals surface area contributed by atoms with Crippen LogP contribution in [0.2, 0.25) is 0 Å². The summed E-state index contributed by atoms with van der Waals surface area (Å²) in [4.78, 5) is 12.2. The van der Waals surface area contributed by atoms with E-state index in [1.54, 1.807) is 6.92 Å². The maximum absolute atomic E-state index is 12.2. The zero-order valence-corrected chi connectivity index (χ0v) is 12.3. The predicted molar refractivity (Wildman–Crippen MR) is 75.6 cm³/mol. The summed E-state index contributed by atoms with van der Waals surface area (Å²) in [6, 6.07) is 0.526. The molecule has 0 radical (unpaired) electrons. The lowest BCUT2D eigenvalue weighted by molar-refractivity contribution is 0.0923. The van der Waals surface area contributed by atoms with Gasteiger partial charge in [-0.2, -0.15) is 0 Å². The quantitative estimate of drug-likeness (QED) is 0.890. The van der Waals surface area contributed by atoms with Crippen molar-refractivity contribution in [3.05, 3.63) is 17.0 Å². The number of carbonyl (C=O) groups excluding carboxylic acids is 1. The Morgan fingerprint density at radius 3 is 2.63 bits per heavy atom. The lowest BCUT2D eigenvalue weighted by Crippen LogP contribution is -2.40. The molecule has 0 atom stereocenters. The number of halogens is 1. The molecule has 5 nitrogen and oxygen atoms in total. The van der Waals surface area contributed by atoms with Gasteiger partial charge in [-0.05, 0) is 32.6 Å². The van der Waals surface area contributed by atoms with Crippen LogP contribution in [0, 0.1) is 6.92 Å². The number of aryl methyl sites for hydroxylation is 2. The minimum Gasteiger partial charge on any atom is -0.360 e. The maximum atomic E-state index is 12.2. The number of nitrogens with one attached hydrogen (secondary N) is 1. The van der Waals surface area contributed by atoms with Crippen LogP contribution in [0.5, 0.6) is 0 Å². The highest BCUT2D eigenvalue weighted by Crippen LogP contribution is 2.19. The summed E-state index contributed by atoms with van der Waals surface area (Å²) in [6.45, 7) is 3.75. The zero-order valence-electron chi connectivity index (χ0n) is 11.4. The summed E-state index contributed by atoms with van der Waals surface area (Å²) in [5.41, 5.74) is 7.12. The lowest BCUT2D eigenvalue weighted by atomic mass is 9.91. The van der Waals surface area contributed by atoms with Crippen molar-refractivity contribution in [1.82, 2.24) is 10.5 Å². The van der Waals surface area contributed by atoms with Crippen molar-refractivity contribution in [3.8, 4) is 0 Å². The van der Waals surface area contributed by atoms with Crippen LogP contribution in [-0.2, 0) is 6.42 Å². The highest BCUT2D eigenvalue weighted by molar-refractivity contribution is 5.96. The van der Waals surface area contributed by atoms with Crippen LogP contribution < -0.4 is 11.1 Å². The van der Waals surface area contributed by atoms with Crippen molar-refractivity contribution < 1.29 is 9.32 Å². The van der Waals surface area contributed by atoms with E-state index in [4.69, 9.17) is 10.3 Å². The summed E-state index contributed by atoms with van der Waals surface area (Å²) in [5, 5.41) is 6.92. The van der Waals surface area contributed by atoms with E-state index < -0.39 is 0 Å². The van der Waals surface area contributed by atoms with E-state index in [9.17, 15) is 4.79 Å². The Bertz CT molecular complexity index is 426. The van der Waals surface area contributed by atoms with E-state index in [2.05, 4.69) is 10.5 Å². The highest BCUT2D eigenvalue weighted by Gasteiger charge is 2.24. The fourth-order valence-corrected chi connectivity index (χ4v) is 2.47. The summed E-state index contributed by atoms with van der Waals surface area (Å²) in [5.74, 6) is 0.601. The Morgan fingerprint density at radius 1 is 1.42 bits per heavy atom. The molecular weight excluding hydrogens is 266 g/mol. The molecule has 19 heavy (non-hydrogen) atoms. The first-order valence-electron chi connectivity index (χ1n) is 6.63. The summed E-state index contributed by atoms with van der Waals surface area (Å²) >= 11 is 0. The standard InChI is InChI=1S/C13H21N3O2.ClH/c1-3-11-12(8(2)16-18-11)13(17)15-10-6-4-9(14)5-7-10;/h9-10H,3-7,14H2,1-2H3,(H,15,17);1H. The number of hydrogen-bond donors (Lipinski definition) is 2. The fraction of sp³-hybridized carbons (Fsp3) is 0.692. The van der Waals surface area contributed by atoms with Gasteiger partial charge in [0.25, 0.3) is 5.91 Å². The molecule has 0 spiro atoms. The van der Waals surface area contributed by atoms with Gasteiger partial charge in [-0.15, -0.1) is 12.4 Å². The Morgan fingerprint density at radius 2 is 2.05 bits per heavy atom. The highest BCUT2D eigenvalue weighted by atomic mass is 35.5. The van der Waals surface area contributed by atoms with E-state index in [1.165, 1.54) is 0 Å². The maximum Gasteiger partial charge on any atom is 0.257 e. The molecular formula is C13H22ClN3O2. The van der Waals surface area contributed by atoms with Crippen molar-refractivity contribution >= 4 is 18.3 Å². The predicted octanol–water partition coefficient (Wildman–Crippen LogP) is 1.97. The summed E-state index contributed by atoms with van der Waals surface area (Å²) < 4.78 is 5.14. The number of rotatable bonds is 3. The van der Waals surface area contributed by atoms with Gasteiger partial charge in [0, 0.05) is 18.5 Å². The second kappa shape index (κ2) is 6.91. The molecule has 0 aromatic carbocycles. The third-order valence-corrected chi connectivity index (χ3v) is 3.59. The van der Waals surface area contributed by atoms with Gasteiger partial charge in [-0.25, -0.2) is 0 Å². The number of aromatic nitrogens is 1. The van der Waals surface area contributed by atoms with Gasteiger partial charge >= 0.3 is 0 Å². The van der Waals surface area contributed by atoms with E-state index in [-0.39, 0.29) is 24.4 Å². The lowest BCUT2D eigenvalue weighted by Gasteiger charge is -2.26. The molecule has 0 aliphatic heterocycles. The molecule has 6 heteroatoms. The molecule has 2 rings (SSSR count). The van der Waals surface area contributed by atoms with E-state index >= 15 is 0 Å². The smallest absolute Gasteiger partial charge is 0.257 e. The molecule has 1 heterocycles. The van der Waals surface area contributed by atoms with Crippen LogP contribution in [0.25, 0.3) is 0 Å². The van der Waals surface area contributed by atoms with E-state index in [1.807, 2.05) is 6.92 Å². The molecule has 1 aromatic heterocycles. The molecule has 108 valence electrons. The van der Waals surface area contributed by atoms with Crippen LogP contribution in [-0.4, -0.2) is 23.1 Å². The van der Waals surface area contributed by atoms with Crippen LogP contribution >= 0.6 is 12.4 Å². The largest absolute Gasteiger partial charge is 0.360 e. The van der Waals surface area contributed by atoms with Gasteiger partial charge in [0.15, 0.2) is 0 Å². The van der Waals surface area contributed by atoms with Crippen LogP contribution in [0.4, 0.5) is 0 Å². The molecule has 0 saturated heterocycles. The van der Waals surface area contributed by atoms with E-state index in [0.29, 0.717) is 29.5 Å². The number of nitrogens with zero attached hydrogens (tertiary/aromatic N) is 1. The van der Waals surface area contributed by atoms with Gasteiger partial charge in [-0.1, -0.05) is 12.1 Å². The normalized spacial score (nSPS) is 22.7. The number of carbonyl (C=O) groups is 1. The molecule has 1 aromatic rings. The third-order valence-electron chi connectivity index (χ3n) is 3.59. The Hall–Kier alpha value is -1.07. The van der Waals surface area contributed by atoms with Gasteiger partial charge in [0.05, 0.1) is 5.69 Å². The summed E-state index contributed by atoms with van der Waals surface area (Å²) in [6.07, 6.45) is 4.55. The molecule has 1 aliphatic carbocycles. The average Bonchev–Trinajstić information content (AvgIpc) is 2.73. The number of hydrogen-bond acceptors (Lipinski definition) is 4. The van der Waals surface area contributed by atoms with Gasteiger partial charge in [0.1, 0.15) is 11.3 Å². The summed E-state index contributed by atoms with van der Waals surface area (Å²) in [7, 11) is 0. The van der Waals surface area contributed by atoms with Crippen molar-refractivity contribution in [2.45, 2.75) is 58.0 Å². The minimum absolute atomic E-state index is 0. The van der Waals surface area contributed by atoms with Gasteiger partial charge < -0.3 is 15.6 Å². The first-order valence-corrected chi connectivity index (χ1v) is 6.63. The van der Waals surface area contributed by atoms with Crippen molar-refractivity contribution in [1.29, 1.82) is 0 Å². The molecule has 1 saturated carbocycles. The number of nitrogens with two attached hydrogens (primary N) is 1. The molecule has 3 N–H and O–H groups in total. The monoisotopic (exact) mass is 287 g/mol.